The van der Waals surface area contributed by atoms with E-state index < -0.39 is 0 Å². The summed E-state index contributed by atoms with van der Waals surface area (Å²) in [4.78, 5) is 13.4. The normalized spacial score (nSPS) is 11.7. The topological polar surface area (TPSA) is 65.4 Å². The van der Waals surface area contributed by atoms with E-state index in [4.69, 9.17) is 9.47 Å². The summed E-state index contributed by atoms with van der Waals surface area (Å²) in [5.74, 6) is 0.665. The van der Waals surface area contributed by atoms with E-state index in [0.717, 1.165) is 11.3 Å². The number of nitrogens with zero attached hydrogens (tertiary/aromatic N) is 2. The molecule has 0 aliphatic carbocycles. The Balaban J connectivity index is 1.65. The molecule has 0 saturated heterocycles. The fraction of sp³-hybridized carbons (Fsp3) is 0.214. The van der Waals surface area contributed by atoms with Crippen LogP contribution in [0.25, 0.3) is 16.9 Å². The lowest BCUT2D eigenvalue weighted by Gasteiger charge is -2.17. The minimum absolute atomic E-state index is 0.286. The summed E-state index contributed by atoms with van der Waals surface area (Å²) in [7, 11) is 0. The van der Waals surface area contributed by atoms with E-state index in [-0.39, 0.29) is 17.8 Å². The van der Waals surface area contributed by atoms with E-state index in [1.165, 1.54) is 12.1 Å². The molecule has 0 aliphatic rings. The number of ether oxygens (including phenoxy) is 2. The minimum Gasteiger partial charge on any atom is -0.490 e. The van der Waals surface area contributed by atoms with Crippen LogP contribution in [0.4, 0.5) is 4.39 Å². The average Bonchev–Trinajstić information content (AvgIpc) is 3.32. The molecule has 0 spiro atoms. The number of carbonyl (C=O) groups excluding carboxylic acids is 1. The molecular formula is C28H28FN3O3. The van der Waals surface area contributed by atoms with Crippen molar-refractivity contribution in [2.45, 2.75) is 26.8 Å². The average molecular weight is 474 g/mol. The standard InChI is InChI=1S/C28H28FN3O3/c1-4-34-25-16-13-21(17-26(25)35-5-2)19(3)30-28(33)24-18-32(23-9-7-6-8-10-23)31-27(24)20-11-14-22(29)15-12-20/h6-19H,4-5H2,1-3H3,(H,30,33)/t19-/m0/s1. The molecule has 6 nitrogen and oxygen atoms in total. The first-order valence-corrected chi connectivity index (χ1v) is 11.6. The maximum Gasteiger partial charge on any atom is 0.255 e. The van der Waals surface area contributed by atoms with Crippen LogP contribution in [0.5, 0.6) is 11.5 Å². The van der Waals surface area contributed by atoms with Crippen LogP contribution in [-0.2, 0) is 0 Å². The van der Waals surface area contributed by atoms with Crippen molar-refractivity contribution in [3.05, 3.63) is 95.9 Å². The van der Waals surface area contributed by atoms with Gasteiger partial charge >= 0.3 is 0 Å². The molecule has 1 atom stereocenters. The highest BCUT2D eigenvalue weighted by Gasteiger charge is 2.21. The van der Waals surface area contributed by atoms with E-state index in [0.29, 0.717) is 41.5 Å². The molecule has 1 N–H and O–H groups in total. The molecule has 4 aromatic rings. The molecular weight excluding hydrogens is 445 g/mol. The Labute approximate surface area is 204 Å². The van der Waals surface area contributed by atoms with Gasteiger partial charge in [-0.15, -0.1) is 0 Å². The zero-order valence-electron chi connectivity index (χ0n) is 20.0. The number of halogens is 1. The molecule has 0 bridgehead atoms. The van der Waals surface area contributed by atoms with Gasteiger partial charge in [0.15, 0.2) is 11.5 Å². The Morgan fingerprint density at radius 1 is 0.971 bits per heavy atom. The summed E-state index contributed by atoms with van der Waals surface area (Å²) < 4.78 is 26.6. The number of hydrogen-bond acceptors (Lipinski definition) is 4. The van der Waals surface area contributed by atoms with Crippen molar-refractivity contribution < 1.29 is 18.7 Å². The second kappa shape index (κ2) is 10.9. The Morgan fingerprint density at radius 3 is 2.34 bits per heavy atom. The smallest absolute Gasteiger partial charge is 0.255 e. The van der Waals surface area contributed by atoms with Gasteiger partial charge in [0.2, 0.25) is 0 Å². The van der Waals surface area contributed by atoms with Crippen molar-refractivity contribution in [2.24, 2.45) is 0 Å². The van der Waals surface area contributed by atoms with Gasteiger partial charge in [-0.1, -0.05) is 24.3 Å². The molecule has 3 aromatic carbocycles. The highest BCUT2D eigenvalue weighted by Crippen LogP contribution is 2.31. The number of rotatable bonds is 9. The van der Waals surface area contributed by atoms with Gasteiger partial charge in [0.1, 0.15) is 11.5 Å². The van der Waals surface area contributed by atoms with Crippen LogP contribution < -0.4 is 14.8 Å². The van der Waals surface area contributed by atoms with E-state index >= 15 is 0 Å². The molecule has 0 saturated carbocycles. The van der Waals surface area contributed by atoms with Gasteiger partial charge in [0.25, 0.3) is 5.91 Å². The van der Waals surface area contributed by atoms with Gasteiger partial charge in [-0.25, -0.2) is 9.07 Å². The second-order valence-electron chi connectivity index (χ2n) is 7.95. The van der Waals surface area contributed by atoms with Gasteiger partial charge in [-0.2, -0.15) is 5.10 Å². The van der Waals surface area contributed by atoms with E-state index in [2.05, 4.69) is 10.4 Å². The first-order valence-electron chi connectivity index (χ1n) is 11.6. The Kier molecular flexibility index (Phi) is 7.45. The Morgan fingerprint density at radius 2 is 1.66 bits per heavy atom. The van der Waals surface area contributed by atoms with Crippen LogP contribution in [0, 0.1) is 5.82 Å². The molecule has 7 heteroatoms. The number of para-hydroxylation sites is 1. The molecule has 1 amide bonds. The number of hydrogen-bond donors (Lipinski definition) is 1. The summed E-state index contributed by atoms with van der Waals surface area (Å²) in [6.07, 6.45) is 1.69. The predicted octanol–water partition coefficient (Wildman–Crippen LogP) is 5.97. The van der Waals surface area contributed by atoms with Crippen LogP contribution in [0.2, 0.25) is 0 Å². The summed E-state index contributed by atoms with van der Waals surface area (Å²) in [6.45, 7) is 6.77. The lowest BCUT2D eigenvalue weighted by Crippen LogP contribution is -2.26. The first kappa shape index (κ1) is 24.0. The van der Waals surface area contributed by atoms with Crippen molar-refractivity contribution in [3.63, 3.8) is 0 Å². The Hall–Kier alpha value is -4.13. The van der Waals surface area contributed by atoms with Crippen LogP contribution in [-0.4, -0.2) is 28.9 Å². The highest BCUT2D eigenvalue weighted by molar-refractivity contribution is 6.00. The largest absolute Gasteiger partial charge is 0.490 e. The summed E-state index contributed by atoms with van der Waals surface area (Å²) in [5, 5.41) is 7.71. The quantitative estimate of drug-likeness (QED) is 0.325. The number of benzene rings is 3. The molecule has 180 valence electrons. The van der Waals surface area contributed by atoms with Gasteiger partial charge in [-0.05, 0) is 74.9 Å². The van der Waals surface area contributed by atoms with Crippen molar-refractivity contribution >= 4 is 5.91 Å². The van der Waals surface area contributed by atoms with Gasteiger partial charge < -0.3 is 14.8 Å². The van der Waals surface area contributed by atoms with E-state index in [9.17, 15) is 9.18 Å². The predicted molar refractivity (Wildman–Crippen MR) is 134 cm³/mol. The van der Waals surface area contributed by atoms with Gasteiger partial charge in [-0.3, -0.25) is 4.79 Å². The monoisotopic (exact) mass is 473 g/mol. The minimum atomic E-state index is -0.350. The van der Waals surface area contributed by atoms with Gasteiger partial charge in [0.05, 0.1) is 30.5 Å². The maximum absolute atomic E-state index is 13.5. The van der Waals surface area contributed by atoms with Crippen molar-refractivity contribution in [3.8, 4) is 28.4 Å². The summed E-state index contributed by atoms with van der Waals surface area (Å²) >= 11 is 0. The maximum atomic E-state index is 13.5. The van der Waals surface area contributed by atoms with Crippen LogP contribution in [0.1, 0.15) is 42.7 Å². The van der Waals surface area contributed by atoms with Crippen LogP contribution >= 0.6 is 0 Å². The number of carbonyl (C=O) groups is 1. The molecule has 0 radical (unpaired) electrons. The zero-order chi connectivity index (χ0) is 24.8. The first-order chi connectivity index (χ1) is 17.0. The second-order valence-corrected chi connectivity index (χ2v) is 7.95. The highest BCUT2D eigenvalue weighted by atomic mass is 19.1. The van der Waals surface area contributed by atoms with Crippen molar-refractivity contribution in [1.82, 2.24) is 15.1 Å². The number of aromatic nitrogens is 2. The Bertz CT molecular complexity index is 1290. The van der Waals surface area contributed by atoms with Crippen molar-refractivity contribution in [1.29, 1.82) is 0 Å². The molecule has 35 heavy (non-hydrogen) atoms. The van der Waals surface area contributed by atoms with E-state index in [1.54, 1.807) is 23.0 Å². The third-order valence-electron chi connectivity index (χ3n) is 5.51. The fourth-order valence-corrected chi connectivity index (χ4v) is 3.77. The number of nitrogens with one attached hydrogen (secondary N) is 1. The van der Waals surface area contributed by atoms with Crippen LogP contribution in [0.15, 0.2) is 79.0 Å². The third kappa shape index (κ3) is 5.51. The fourth-order valence-electron chi connectivity index (χ4n) is 3.77. The lowest BCUT2D eigenvalue weighted by molar-refractivity contribution is 0.0940. The molecule has 1 heterocycles. The summed E-state index contributed by atoms with van der Waals surface area (Å²) in [5.41, 5.74) is 3.21. The van der Waals surface area contributed by atoms with Crippen molar-refractivity contribution in [2.75, 3.05) is 13.2 Å². The molecule has 4 rings (SSSR count). The van der Waals surface area contributed by atoms with E-state index in [1.807, 2.05) is 69.3 Å². The molecule has 0 unspecified atom stereocenters. The molecule has 0 aliphatic heterocycles. The lowest BCUT2D eigenvalue weighted by atomic mass is 10.1. The molecule has 1 aromatic heterocycles. The summed E-state index contributed by atoms with van der Waals surface area (Å²) in [6, 6.07) is 20.8. The molecule has 0 fully saturated rings. The SMILES string of the molecule is CCOc1ccc([C@H](C)NC(=O)c2cn(-c3ccccc3)nc2-c2ccc(F)cc2)cc1OCC. The third-order valence-corrected chi connectivity index (χ3v) is 5.51. The zero-order valence-corrected chi connectivity index (χ0v) is 20.0. The van der Waals surface area contributed by atoms with Crippen LogP contribution in [0.3, 0.4) is 0 Å². The number of amides is 1. The van der Waals surface area contributed by atoms with Gasteiger partial charge in [0, 0.05) is 11.8 Å².